The molecule has 0 aromatic carbocycles. The van der Waals surface area contributed by atoms with Gasteiger partial charge in [-0.2, -0.15) is 0 Å². The van der Waals surface area contributed by atoms with Gasteiger partial charge in [0.2, 0.25) is 0 Å². The highest BCUT2D eigenvalue weighted by Gasteiger charge is 2.38. The SMILES string of the molecule is CCN(CC1CC1)C1C(C)CC(C)CC1NC. The summed E-state index contributed by atoms with van der Waals surface area (Å²) in [6.07, 6.45) is 5.70. The van der Waals surface area contributed by atoms with E-state index in [2.05, 4.69) is 38.0 Å². The van der Waals surface area contributed by atoms with Crippen molar-refractivity contribution < 1.29 is 0 Å². The number of hydrogen-bond acceptors (Lipinski definition) is 2. The van der Waals surface area contributed by atoms with E-state index in [4.69, 9.17) is 0 Å². The predicted molar refractivity (Wildman–Crippen MR) is 74.2 cm³/mol. The molecule has 17 heavy (non-hydrogen) atoms. The molecule has 0 saturated heterocycles. The van der Waals surface area contributed by atoms with E-state index in [1.807, 2.05) is 0 Å². The molecule has 1 N–H and O–H groups in total. The Balaban J connectivity index is 2.02. The van der Waals surface area contributed by atoms with Crippen LogP contribution in [0.3, 0.4) is 0 Å². The van der Waals surface area contributed by atoms with Crippen LogP contribution in [0.1, 0.15) is 46.5 Å². The second-order valence-electron chi connectivity index (χ2n) is 6.47. The molecule has 4 unspecified atom stereocenters. The predicted octanol–water partition coefficient (Wildman–Crippen LogP) is 2.74. The second-order valence-corrected chi connectivity index (χ2v) is 6.47. The molecule has 2 aliphatic rings. The van der Waals surface area contributed by atoms with Crippen molar-refractivity contribution in [2.24, 2.45) is 17.8 Å². The van der Waals surface area contributed by atoms with Crippen LogP contribution in [0, 0.1) is 17.8 Å². The van der Waals surface area contributed by atoms with Crippen LogP contribution in [0.15, 0.2) is 0 Å². The molecule has 2 rings (SSSR count). The van der Waals surface area contributed by atoms with Crippen molar-refractivity contribution in [2.45, 2.75) is 58.5 Å². The third-order valence-electron chi connectivity index (χ3n) is 4.81. The highest BCUT2D eigenvalue weighted by molar-refractivity contribution is 4.94. The first-order chi connectivity index (χ1) is 8.15. The molecule has 2 nitrogen and oxygen atoms in total. The Morgan fingerprint density at radius 3 is 2.41 bits per heavy atom. The van der Waals surface area contributed by atoms with Crippen LogP contribution in [-0.4, -0.2) is 37.1 Å². The van der Waals surface area contributed by atoms with Gasteiger partial charge < -0.3 is 5.32 Å². The molecular formula is C15H30N2. The summed E-state index contributed by atoms with van der Waals surface area (Å²) in [4.78, 5) is 2.76. The van der Waals surface area contributed by atoms with Crippen LogP contribution in [0.4, 0.5) is 0 Å². The molecule has 4 atom stereocenters. The molecule has 0 aliphatic heterocycles. The van der Waals surface area contributed by atoms with Crippen molar-refractivity contribution in [1.82, 2.24) is 10.2 Å². The van der Waals surface area contributed by atoms with E-state index in [9.17, 15) is 0 Å². The molecule has 0 amide bonds. The zero-order valence-electron chi connectivity index (χ0n) is 12.1. The van der Waals surface area contributed by atoms with E-state index in [1.54, 1.807) is 0 Å². The Labute approximate surface area is 107 Å². The lowest BCUT2D eigenvalue weighted by Gasteiger charge is -2.45. The summed E-state index contributed by atoms with van der Waals surface area (Å²) in [6, 6.07) is 1.47. The number of rotatable bonds is 5. The summed E-state index contributed by atoms with van der Waals surface area (Å²) in [7, 11) is 2.15. The minimum absolute atomic E-state index is 0.701. The maximum absolute atomic E-state index is 3.58. The summed E-state index contributed by atoms with van der Waals surface area (Å²) in [5.41, 5.74) is 0. The van der Waals surface area contributed by atoms with E-state index in [-0.39, 0.29) is 0 Å². The van der Waals surface area contributed by atoms with Crippen molar-refractivity contribution in [1.29, 1.82) is 0 Å². The fraction of sp³-hybridized carbons (Fsp3) is 1.00. The number of nitrogens with one attached hydrogen (secondary N) is 1. The summed E-state index contributed by atoms with van der Waals surface area (Å²) in [6.45, 7) is 9.77. The van der Waals surface area contributed by atoms with Gasteiger partial charge in [-0.3, -0.25) is 4.90 Å². The maximum atomic E-state index is 3.58. The van der Waals surface area contributed by atoms with Crippen LogP contribution in [0.2, 0.25) is 0 Å². The molecule has 2 fully saturated rings. The van der Waals surface area contributed by atoms with Crippen LogP contribution >= 0.6 is 0 Å². The van der Waals surface area contributed by atoms with Crippen LogP contribution < -0.4 is 5.32 Å². The third-order valence-corrected chi connectivity index (χ3v) is 4.81. The van der Waals surface area contributed by atoms with E-state index in [0.717, 1.165) is 23.8 Å². The van der Waals surface area contributed by atoms with E-state index in [1.165, 1.54) is 38.8 Å². The molecule has 2 heteroatoms. The average molecular weight is 238 g/mol. The van der Waals surface area contributed by atoms with Gasteiger partial charge in [-0.05, 0) is 57.0 Å². The Morgan fingerprint density at radius 1 is 1.18 bits per heavy atom. The fourth-order valence-corrected chi connectivity index (χ4v) is 3.84. The van der Waals surface area contributed by atoms with E-state index in [0.29, 0.717) is 6.04 Å². The third kappa shape index (κ3) is 3.23. The second kappa shape index (κ2) is 5.71. The van der Waals surface area contributed by atoms with Gasteiger partial charge in [0.15, 0.2) is 0 Å². The van der Waals surface area contributed by atoms with Crippen molar-refractivity contribution in [2.75, 3.05) is 20.1 Å². The quantitative estimate of drug-likeness (QED) is 0.792. The van der Waals surface area contributed by atoms with Gasteiger partial charge in [0.1, 0.15) is 0 Å². The van der Waals surface area contributed by atoms with Gasteiger partial charge in [-0.15, -0.1) is 0 Å². The number of hydrogen-bond donors (Lipinski definition) is 1. The topological polar surface area (TPSA) is 15.3 Å². The van der Waals surface area contributed by atoms with Gasteiger partial charge in [0, 0.05) is 18.6 Å². The van der Waals surface area contributed by atoms with Crippen molar-refractivity contribution >= 4 is 0 Å². The summed E-state index contributed by atoms with van der Waals surface area (Å²) in [5, 5.41) is 3.58. The maximum Gasteiger partial charge on any atom is 0.0274 e. The highest BCUT2D eigenvalue weighted by Crippen LogP contribution is 2.35. The van der Waals surface area contributed by atoms with Crippen molar-refractivity contribution in [3.05, 3.63) is 0 Å². The Morgan fingerprint density at radius 2 is 1.88 bits per heavy atom. The molecule has 2 saturated carbocycles. The highest BCUT2D eigenvalue weighted by atomic mass is 15.2. The van der Waals surface area contributed by atoms with Crippen molar-refractivity contribution in [3.63, 3.8) is 0 Å². The minimum Gasteiger partial charge on any atom is -0.315 e. The average Bonchev–Trinajstić information content (AvgIpc) is 3.09. The molecule has 0 aromatic rings. The molecule has 0 bridgehead atoms. The van der Waals surface area contributed by atoms with Gasteiger partial charge in [-0.25, -0.2) is 0 Å². The van der Waals surface area contributed by atoms with Crippen LogP contribution in [-0.2, 0) is 0 Å². The molecule has 0 radical (unpaired) electrons. The normalized spacial score (nSPS) is 38.6. The summed E-state index contributed by atoms with van der Waals surface area (Å²) in [5.74, 6) is 2.74. The Kier molecular flexibility index (Phi) is 4.48. The van der Waals surface area contributed by atoms with Gasteiger partial charge in [0.05, 0.1) is 0 Å². The molecule has 2 aliphatic carbocycles. The van der Waals surface area contributed by atoms with E-state index >= 15 is 0 Å². The lowest BCUT2D eigenvalue weighted by Crippen LogP contribution is -2.56. The lowest BCUT2D eigenvalue weighted by atomic mass is 9.75. The zero-order valence-corrected chi connectivity index (χ0v) is 12.1. The lowest BCUT2D eigenvalue weighted by molar-refractivity contribution is 0.0644. The number of nitrogens with zero attached hydrogens (tertiary/aromatic N) is 1. The summed E-state index contributed by atoms with van der Waals surface area (Å²) >= 11 is 0. The fourth-order valence-electron chi connectivity index (χ4n) is 3.84. The van der Waals surface area contributed by atoms with Gasteiger partial charge >= 0.3 is 0 Å². The molecule has 0 aromatic heterocycles. The van der Waals surface area contributed by atoms with Crippen LogP contribution in [0.25, 0.3) is 0 Å². The molecule has 100 valence electrons. The Bertz CT molecular complexity index is 237. The van der Waals surface area contributed by atoms with Gasteiger partial charge in [0.25, 0.3) is 0 Å². The first kappa shape index (κ1) is 13.4. The zero-order chi connectivity index (χ0) is 12.4. The van der Waals surface area contributed by atoms with E-state index < -0.39 is 0 Å². The van der Waals surface area contributed by atoms with Crippen molar-refractivity contribution in [3.8, 4) is 0 Å². The smallest absolute Gasteiger partial charge is 0.0274 e. The Hall–Kier alpha value is -0.0800. The minimum atomic E-state index is 0.701. The largest absolute Gasteiger partial charge is 0.315 e. The monoisotopic (exact) mass is 238 g/mol. The number of likely N-dealkylation sites (N-methyl/N-ethyl adjacent to an activating group) is 2. The first-order valence-corrected chi connectivity index (χ1v) is 7.57. The van der Waals surface area contributed by atoms with Crippen LogP contribution in [0.5, 0.6) is 0 Å². The standard InChI is InChI=1S/C15H30N2/c1-5-17(10-13-6-7-13)15-12(3)8-11(2)9-14(15)16-4/h11-16H,5-10H2,1-4H3. The van der Waals surface area contributed by atoms with Gasteiger partial charge in [-0.1, -0.05) is 20.8 Å². The molecule has 0 heterocycles. The molecular weight excluding hydrogens is 208 g/mol. The summed E-state index contributed by atoms with van der Waals surface area (Å²) < 4.78 is 0. The molecule has 0 spiro atoms. The first-order valence-electron chi connectivity index (χ1n) is 7.57.